The Morgan fingerprint density at radius 3 is 1.21 bits per heavy atom. The third kappa shape index (κ3) is 5.35. The van der Waals surface area contributed by atoms with E-state index in [1.165, 1.54) is 75.2 Å². The maximum absolute atomic E-state index is 2.48. The fourth-order valence-electron chi connectivity index (χ4n) is 6.71. The zero-order valence-electron chi connectivity index (χ0n) is 25.2. The number of thiophene rings is 2. The van der Waals surface area contributed by atoms with E-state index >= 15 is 0 Å². The summed E-state index contributed by atoms with van der Waals surface area (Å²) in [6.45, 7) is 8.95. The van der Waals surface area contributed by atoms with Crippen LogP contribution in [0.25, 0.3) is 32.0 Å². The van der Waals surface area contributed by atoms with E-state index in [4.69, 9.17) is 0 Å². The maximum atomic E-state index is 2.48. The lowest BCUT2D eigenvalue weighted by atomic mass is 9.86. The summed E-state index contributed by atoms with van der Waals surface area (Å²) in [5, 5.41) is 0. The van der Waals surface area contributed by atoms with Crippen molar-refractivity contribution in [2.75, 3.05) is 0 Å². The second-order valence-electron chi connectivity index (χ2n) is 11.9. The number of aryl methyl sites for hydroxylation is 4. The summed E-state index contributed by atoms with van der Waals surface area (Å²) in [5.41, 5.74) is 13.8. The predicted octanol–water partition coefficient (Wildman–Crippen LogP) is 12.3. The van der Waals surface area contributed by atoms with Gasteiger partial charge in [0.2, 0.25) is 0 Å². The highest BCUT2D eigenvalue weighted by Crippen LogP contribution is 2.58. The van der Waals surface area contributed by atoms with E-state index in [1.807, 2.05) is 22.7 Å². The Bertz CT molecular complexity index is 1760. The second-order valence-corrected chi connectivity index (χ2v) is 14.4. The average molecular weight is 593 g/mol. The van der Waals surface area contributed by atoms with Crippen LogP contribution >= 0.6 is 22.7 Å². The fourth-order valence-corrected chi connectivity index (χ4v) is 8.79. The maximum Gasteiger partial charge on any atom is 0.0351 e. The molecule has 43 heavy (non-hydrogen) atoms. The smallest absolute Gasteiger partial charge is 0.0351 e. The molecule has 0 aliphatic heterocycles. The van der Waals surface area contributed by atoms with E-state index in [0.29, 0.717) is 11.8 Å². The minimum atomic E-state index is 0.322. The topological polar surface area (TPSA) is 0 Å². The molecule has 2 atom stereocenters. The van der Waals surface area contributed by atoms with Gasteiger partial charge in [-0.25, -0.2) is 0 Å². The third-order valence-corrected chi connectivity index (χ3v) is 11.1. The van der Waals surface area contributed by atoms with Crippen molar-refractivity contribution in [3.8, 4) is 20.9 Å². The van der Waals surface area contributed by atoms with Crippen LogP contribution in [0, 0.1) is 27.7 Å². The van der Waals surface area contributed by atoms with E-state index in [2.05, 4.69) is 149 Å². The highest BCUT2D eigenvalue weighted by Gasteiger charge is 2.38. The fraction of sp³-hybridized carbons (Fsp3) is 0.171. The molecule has 0 fully saturated rings. The molecule has 0 bridgehead atoms. The molecule has 0 radical (unpaired) electrons. The summed E-state index contributed by atoms with van der Waals surface area (Å²) in [5.74, 6) is 0.644. The molecule has 0 saturated heterocycles. The van der Waals surface area contributed by atoms with Gasteiger partial charge < -0.3 is 0 Å². The van der Waals surface area contributed by atoms with Gasteiger partial charge in [-0.2, -0.15) is 0 Å². The molecular formula is C41H36S2. The minimum absolute atomic E-state index is 0.322. The van der Waals surface area contributed by atoms with Gasteiger partial charge in [-0.15, -0.1) is 22.7 Å². The van der Waals surface area contributed by atoms with Crippen LogP contribution in [0.2, 0.25) is 0 Å². The van der Waals surface area contributed by atoms with Gasteiger partial charge in [-0.05, 0) is 90.8 Å². The van der Waals surface area contributed by atoms with Crippen LogP contribution in [0.15, 0.2) is 121 Å². The molecule has 2 heterocycles. The Balaban J connectivity index is 1.48. The molecule has 7 rings (SSSR count). The van der Waals surface area contributed by atoms with Crippen LogP contribution in [-0.4, -0.2) is 0 Å². The monoisotopic (exact) mass is 592 g/mol. The van der Waals surface area contributed by atoms with E-state index in [-0.39, 0.29) is 0 Å². The first-order valence-electron chi connectivity index (χ1n) is 15.2. The molecule has 0 unspecified atom stereocenters. The normalized spacial score (nSPS) is 16.7. The lowest BCUT2D eigenvalue weighted by Gasteiger charge is -2.17. The number of benzene rings is 4. The molecule has 2 aromatic heterocycles. The highest BCUT2D eigenvalue weighted by atomic mass is 32.1. The van der Waals surface area contributed by atoms with E-state index < -0.39 is 0 Å². The molecule has 6 aromatic rings. The van der Waals surface area contributed by atoms with Crippen molar-refractivity contribution in [1.82, 2.24) is 0 Å². The number of rotatable bonds is 6. The van der Waals surface area contributed by atoms with E-state index in [0.717, 1.165) is 6.42 Å². The van der Waals surface area contributed by atoms with Crippen molar-refractivity contribution < 1.29 is 0 Å². The minimum Gasteiger partial charge on any atom is -0.140 e. The summed E-state index contributed by atoms with van der Waals surface area (Å²) in [7, 11) is 0. The van der Waals surface area contributed by atoms with Crippen LogP contribution in [0.3, 0.4) is 0 Å². The SMILES string of the molecule is Cc1ccc(-c2cc(C3=C(c4cc(-c5ccc(C)cc5)sc4C)[C@@H](c4ccccc4)C[C@H]3c3ccccc3)c(C)s2)cc1. The van der Waals surface area contributed by atoms with Crippen LogP contribution in [0.5, 0.6) is 0 Å². The molecule has 0 saturated carbocycles. The standard InChI is InChI=1S/C41H36S2/c1-26-15-19-32(20-16-26)38-24-34(28(3)42-38)40-36(30-11-7-5-8-12-30)23-37(31-13-9-6-10-14-31)41(40)35-25-39(43-29(35)4)33-21-17-27(2)18-22-33/h5-22,24-25,36-37H,23H2,1-4H3/t36-,37+. The molecule has 2 heteroatoms. The van der Waals surface area contributed by atoms with Crippen LogP contribution in [0.4, 0.5) is 0 Å². The molecule has 4 aromatic carbocycles. The lowest BCUT2D eigenvalue weighted by Crippen LogP contribution is -2.00. The first-order chi connectivity index (χ1) is 21.0. The molecule has 1 aliphatic rings. The zero-order valence-corrected chi connectivity index (χ0v) is 26.9. The van der Waals surface area contributed by atoms with Crippen molar-refractivity contribution in [3.05, 3.63) is 164 Å². The Labute approximate surface area is 264 Å². The highest BCUT2D eigenvalue weighted by molar-refractivity contribution is 7.16. The van der Waals surface area contributed by atoms with Crippen LogP contribution in [0.1, 0.15) is 61.4 Å². The van der Waals surface area contributed by atoms with Crippen molar-refractivity contribution >= 4 is 33.8 Å². The van der Waals surface area contributed by atoms with E-state index in [1.54, 1.807) is 0 Å². The van der Waals surface area contributed by atoms with Gasteiger partial charge in [0.05, 0.1) is 0 Å². The molecule has 0 amide bonds. The van der Waals surface area contributed by atoms with Crippen LogP contribution in [-0.2, 0) is 0 Å². The molecule has 212 valence electrons. The van der Waals surface area contributed by atoms with E-state index in [9.17, 15) is 0 Å². The molecule has 1 aliphatic carbocycles. The Morgan fingerprint density at radius 2 is 0.837 bits per heavy atom. The lowest BCUT2D eigenvalue weighted by molar-refractivity contribution is 0.735. The van der Waals surface area contributed by atoms with Gasteiger partial charge in [0.25, 0.3) is 0 Å². The van der Waals surface area contributed by atoms with Crippen molar-refractivity contribution in [3.63, 3.8) is 0 Å². The van der Waals surface area contributed by atoms with Crippen LogP contribution < -0.4 is 0 Å². The van der Waals surface area contributed by atoms with Gasteiger partial charge in [0, 0.05) is 31.3 Å². The first kappa shape index (κ1) is 27.8. The van der Waals surface area contributed by atoms with Gasteiger partial charge in [-0.3, -0.25) is 0 Å². The van der Waals surface area contributed by atoms with Gasteiger partial charge >= 0.3 is 0 Å². The summed E-state index contributed by atoms with van der Waals surface area (Å²) in [6.07, 6.45) is 1.07. The number of hydrogen-bond donors (Lipinski definition) is 0. The third-order valence-electron chi connectivity index (χ3n) is 8.95. The van der Waals surface area contributed by atoms with Gasteiger partial charge in [0.15, 0.2) is 0 Å². The zero-order chi connectivity index (χ0) is 29.5. The molecular weight excluding hydrogens is 557 g/mol. The van der Waals surface area contributed by atoms with Crippen molar-refractivity contribution in [1.29, 1.82) is 0 Å². The van der Waals surface area contributed by atoms with Crippen molar-refractivity contribution in [2.45, 2.75) is 46.0 Å². The summed E-state index contributed by atoms with van der Waals surface area (Å²) < 4.78 is 0. The Morgan fingerprint density at radius 1 is 0.465 bits per heavy atom. The quantitative estimate of drug-likeness (QED) is 0.180. The first-order valence-corrected chi connectivity index (χ1v) is 16.8. The molecule has 0 nitrogen and oxygen atoms in total. The van der Waals surface area contributed by atoms with Gasteiger partial charge in [-0.1, -0.05) is 120 Å². The summed E-state index contributed by atoms with van der Waals surface area (Å²) in [6, 6.07) is 45.3. The van der Waals surface area contributed by atoms with Gasteiger partial charge in [0.1, 0.15) is 0 Å². The predicted molar refractivity (Wildman–Crippen MR) is 188 cm³/mol. The largest absolute Gasteiger partial charge is 0.140 e. The Hall–Kier alpha value is -3.98. The average Bonchev–Trinajstić information content (AvgIpc) is 3.73. The number of allylic oxidation sites excluding steroid dienone is 2. The molecule has 0 spiro atoms. The molecule has 0 N–H and O–H groups in total. The Kier molecular flexibility index (Phi) is 7.51. The summed E-state index contributed by atoms with van der Waals surface area (Å²) >= 11 is 3.86. The summed E-state index contributed by atoms with van der Waals surface area (Å²) in [4.78, 5) is 5.47. The second kappa shape index (κ2) is 11.6. The van der Waals surface area contributed by atoms with Crippen molar-refractivity contribution in [2.24, 2.45) is 0 Å². The number of hydrogen-bond acceptors (Lipinski definition) is 2.